The fourth-order valence-electron chi connectivity index (χ4n) is 2.39. The average molecular weight is 346 g/mol. The van der Waals surface area contributed by atoms with Crippen molar-refractivity contribution >= 4 is 23.6 Å². The highest BCUT2D eigenvalue weighted by Gasteiger charge is 2.29. The summed E-state index contributed by atoms with van der Waals surface area (Å²) < 4.78 is 10.0. The molecule has 0 bridgehead atoms. The zero-order chi connectivity index (χ0) is 17.5. The lowest BCUT2D eigenvalue weighted by Crippen LogP contribution is -2.31. The van der Waals surface area contributed by atoms with Gasteiger partial charge >= 0.3 is 5.97 Å². The Bertz CT molecular complexity index is 692. The van der Waals surface area contributed by atoms with Crippen LogP contribution in [-0.4, -0.2) is 31.3 Å². The number of benzene rings is 1. The maximum absolute atomic E-state index is 12.0. The molecular weight excluding hydrogens is 328 g/mol. The molecule has 1 aromatic carbocycles. The highest BCUT2D eigenvalue weighted by Crippen LogP contribution is 2.36. The molecule has 0 aromatic heterocycles. The number of amides is 1. The Labute approximate surface area is 144 Å². The van der Waals surface area contributed by atoms with Crippen LogP contribution in [0.4, 0.5) is 0 Å². The Balaban J connectivity index is 2.25. The number of ether oxygens (including phenoxy) is 2. The number of thioether (sulfide) groups is 1. The third-order valence-electron chi connectivity index (χ3n) is 3.51. The van der Waals surface area contributed by atoms with Crippen molar-refractivity contribution in [2.45, 2.75) is 19.3 Å². The summed E-state index contributed by atoms with van der Waals surface area (Å²) in [4.78, 5) is 23.5. The van der Waals surface area contributed by atoms with Crippen LogP contribution < -0.4 is 10.1 Å². The molecule has 0 unspecified atom stereocenters. The maximum Gasteiger partial charge on any atom is 0.316 e. The minimum atomic E-state index is -0.381. The van der Waals surface area contributed by atoms with Crippen molar-refractivity contribution in [1.82, 2.24) is 5.32 Å². The second kappa shape index (κ2) is 8.41. The Morgan fingerprint density at radius 1 is 1.42 bits per heavy atom. The number of nitrogens with one attached hydrogen (secondary N) is 1. The lowest BCUT2D eigenvalue weighted by atomic mass is 9.87. The van der Waals surface area contributed by atoms with Crippen molar-refractivity contribution in [3.05, 3.63) is 40.4 Å². The summed E-state index contributed by atoms with van der Waals surface area (Å²) in [5.74, 6) is -0.142. The normalized spacial score (nSPS) is 17.0. The summed E-state index contributed by atoms with van der Waals surface area (Å²) in [6.45, 7) is 2.02. The number of carbonyl (C=O) groups excluding carboxylic acids is 2. The highest BCUT2D eigenvalue weighted by molar-refractivity contribution is 8.03. The van der Waals surface area contributed by atoms with Crippen molar-refractivity contribution in [3.8, 4) is 11.8 Å². The number of esters is 1. The largest absolute Gasteiger partial charge is 0.497 e. The maximum atomic E-state index is 12.0. The molecule has 0 saturated carbocycles. The van der Waals surface area contributed by atoms with Crippen LogP contribution >= 0.6 is 11.8 Å². The van der Waals surface area contributed by atoms with Gasteiger partial charge in [0.2, 0.25) is 5.91 Å². The highest BCUT2D eigenvalue weighted by atomic mass is 32.2. The molecule has 1 aromatic rings. The van der Waals surface area contributed by atoms with Crippen molar-refractivity contribution in [2.24, 2.45) is 0 Å². The number of carbonyl (C=O) groups is 2. The van der Waals surface area contributed by atoms with Crippen LogP contribution in [0.2, 0.25) is 0 Å². The van der Waals surface area contributed by atoms with Crippen LogP contribution in [0.3, 0.4) is 0 Å². The monoisotopic (exact) mass is 346 g/mol. The Morgan fingerprint density at radius 2 is 2.12 bits per heavy atom. The van der Waals surface area contributed by atoms with Crippen molar-refractivity contribution < 1.29 is 19.1 Å². The number of nitriles is 1. The molecule has 0 fully saturated rings. The first-order valence-electron chi connectivity index (χ1n) is 7.45. The molecule has 6 nitrogen and oxygen atoms in total. The van der Waals surface area contributed by atoms with Gasteiger partial charge in [0.25, 0.3) is 0 Å². The molecule has 0 radical (unpaired) electrons. The van der Waals surface area contributed by atoms with E-state index in [0.29, 0.717) is 23.0 Å². The first-order valence-corrected chi connectivity index (χ1v) is 8.44. The molecule has 0 saturated heterocycles. The fraction of sp³-hybridized carbons (Fsp3) is 0.353. The number of rotatable bonds is 6. The van der Waals surface area contributed by atoms with Crippen LogP contribution in [0.15, 0.2) is 34.9 Å². The van der Waals surface area contributed by atoms with E-state index in [0.717, 1.165) is 17.3 Å². The smallest absolute Gasteiger partial charge is 0.316 e. The summed E-state index contributed by atoms with van der Waals surface area (Å²) in [7, 11) is 1.58. The number of nitrogens with zero attached hydrogens (tertiary/aromatic N) is 1. The quantitative estimate of drug-likeness (QED) is 0.795. The van der Waals surface area contributed by atoms with Crippen LogP contribution in [-0.2, 0) is 14.3 Å². The van der Waals surface area contributed by atoms with Crippen LogP contribution in [0.1, 0.15) is 24.8 Å². The molecule has 1 heterocycles. The van der Waals surface area contributed by atoms with Crippen molar-refractivity contribution in [3.63, 3.8) is 0 Å². The predicted octanol–water partition coefficient (Wildman–Crippen LogP) is 2.33. The minimum absolute atomic E-state index is 0.0456. The van der Waals surface area contributed by atoms with Gasteiger partial charge in [-0.2, -0.15) is 5.26 Å². The Morgan fingerprint density at radius 3 is 2.71 bits per heavy atom. The second-order valence-corrected chi connectivity index (χ2v) is 6.01. The van der Waals surface area contributed by atoms with Gasteiger partial charge in [-0.1, -0.05) is 23.9 Å². The van der Waals surface area contributed by atoms with E-state index in [4.69, 9.17) is 9.47 Å². The van der Waals surface area contributed by atoms with E-state index in [1.165, 1.54) is 0 Å². The SMILES string of the molecule is CCOC(=O)CSC1=C(C#N)[C@@H](c2ccc(OC)cc2)CC(=O)N1. The molecule has 0 spiro atoms. The molecule has 1 N–H and O–H groups in total. The summed E-state index contributed by atoms with van der Waals surface area (Å²) in [5.41, 5.74) is 1.31. The van der Waals surface area contributed by atoms with E-state index in [9.17, 15) is 14.9 Å². The first kappa shape index (κ1) is 17.9. The van der Waals surface area contributed by atoms with Gasteiger partial charge < -0.3 is 14.8 Å². The van der Waals surface area contributed by atoms with Gasteiger partial charge in [0.1, 0.15) is 5.75 Å². The molecule has 1 aliphatic rings. The molecule has 1 amide bonds. The summed E-state index contributed by atoms with van der Waals surface area (Å²) in [6, 6.07) is 9.44. The Kier molecular flexibility index (Phi) is 6.27. The molecule has 24 heavy (non-hydrogen) atoms. The van der Waals surface area contributed by atoms with E-state index < -0.39 is 0 Å². The zero-order valence-corrected chi connectivity index (χ0v) is 14.3. The van der Waals surface area contributed by atoms with Gasteiger partial charge in [-0.3, -0.25) is 9.59 Å². The van der Waals surface area contributed by atoms with E-state index >= 15 is 0 Å². The van der Waals surface area contributed by atoms with E-state index in [2.05, 4.69) is 11.4 Å². The Hall–Kier alpha value is -2.46. The van der Waals surface area contributed by atoms with Crippen LogP contribution in [0.25, 0.3) is 0 Å². The fourth-order valence-corrected chi connectivity index (χ4v) is 3.26. The summed E-state index contributed by atoms with van der Waals surface area (Å²) >= 11 is 1.11. The average Bonchev–Trinajstić information content (AvgIpc) is 2.59. The number of hydrogen-bond acceptors (Lipinski definition) is 6. The van der Waals surface area contributed by atoms with Crippen LogP contribution in [0, 0.1) is 11.3 Å². The van der Waals surface area contributed by atoms with Gasteiger partial charge in [-0.15, -0.1) is 0 Å². The summed E-state index contributed by atoms with van der Waals surface area (Å²) in [5, 5.41) is 12.6. The molecule has 1 atom stereocenters. The number of methoxy groups -OCH3 is 1. The first-order chi connectivity index (χ1) is 11.6. The van der Waals surface area contributed by atoms with Gasteiger partial charge in [-0.05, 0) is 24.6 Å². The topological polar surface area (TPSA) is 88.4 Å². The third kappa shape index (κ3) is 4.30. The van der Waals surface area contributed by atoms with Crippen molar-refractivity contribution in [1.29, 1.82) is 5.26 Å². The van der Waals surface area contributed by atoms with Gasteiger partial charge in [-0.25, -0.2) is 0 Å². The molecule has 1 aliphatic heterocycles. The zero-order valence-electron chi connectivity index (χ0n) is 13.5. The van der Waals surface area contributed by atoms with E-state index in [1.54, 1.807) is 26.2 Å². The standard InChI is InChI=1S/C17H18N2O4S/c1-3-23-16(21)10-24-17-14(9-18)13(8-15(20)19-17)11-4-6-12(22-2)7-5-11/h4-7,13H,3,8,10H2,1-2H3,(H,19,20)/t13-/m1/s1. The van der Waals surface area contributed by atoms with E-state index in [1.807, 2.05) is 12.1 Å². The third-order valence-corrected chi connectivity index (χ3v) is 4.50. The number of hydrogen-bond donors (Lipinski definition) is 1. The van der Waals surface area contributed by atoms with Crippen LogP contribution in [0.5, 0.6) is 5.75 Å². The number of allylic oxidation sites excluding steroid dienone is 1. The summed E-state index contributed by atoms with van der Waals surface area (Å²) in [6.07, 6.45) is 0.193. The molecule has 7 heteroatoms. The van der Waals surface area contributed by atoms with Gasteiger partial charge in [0.15, 0.2) is 0 Å². The van der Waals surface area contributed by atoms with Gasteiger partial charge in [0, 0.05) is 12.3 Å². The lowest BCUT2D eigenvalue weighted by molar-refractivity contribution is -0.139. The molecule has 0 aliphatic carbocycles. The lowest BCUT2D eigenvalue weighted by Gasteiger charge is -2.25. The molecule has 2 rings (SSSR count). The minimum Gasteiger partial charge on any atom is -0.497 e. The van der Waals surface area contributed by atoms with E-state index in [-0.39, 0.29) is 30.0 Å². The molecule has 126 valence electrons. The molecular formula is C17H18N2O4S. The predicted molar refractivity (Wildman–Crippen MR) is 90.2 cm³/mol. The van der Waals surface area contributed by atoms with Gasteiger partial charge in [0.05, 0.1) is 36.1 Å². The van der Waals surface area contributed by atoms with Crippen molar-refractivity contribution in [2.75, 3.05) is 19.5 Å². The second-order valence-electron chi connectivity index (χ2n) is 5.03.